The van der Waals surface area contributed by atoms with Crippen LogP contribution in [0.15, 0.2) is 29.4 Å². The van der Waals surface area contributed by atoms with Crippen LogP contribution in [0.4, 0.5) is 0 Å². The maximum absolute atomic E-state index is 10.8. The number of hydrogen-bond donors (Lipinski definition) is 0. The van der Waals surface area contributed by atoms with Gasteiger partial charge in [-0.15, -0.1) is 0 Å². The lowest BCUT2D eigenvalue weighted by molar-refractivity contribution is -0.773. The van der Waals surface area contributed by atoms with Crippen LogP contribution in [0.5, 0.6) is 0 Å². The first-order valence-corrected chi connectivity index (χ1v) is 4.43. The summed E-state index contributed by atoms with van der Waals surface area (Å²) in [7, 11) is 0. The van der Waals surface area contributed by atoms with Crippen LogP contribution in [0.1, 0.15) is 13.2 Å². The van der Waals surface area contributed by atoms with Gasteiger partial charge in [0.15, 0.2) is 0 Å². The van der Waals surface area contributed by atoms with Crippen LogP contribution in [0.3, 0.4) is 0 Å². The maximum Gasteiger partial charge on any atom is 0.540 e. The average Bonchev–Trinajstić information content (AvgIpc) is 2.18. The van der Waals surface area contributed by atoms with Crippen LogP contribution in [-0.2, 0) is 4.79 Å². The van der Waals surface area contributed by atoms with E-state index in [9.17, 15) is 25.0 Å². The van der Waals surface area contributed by atoms with E-state index in [1.54, 1.807) is 0 Å². The molecule has 9 nitrogen and oxygen atoms in total. The van der Waals surface area contributed by atoms with E-state index in [2.05, 4.69) is 4.99 Å². The average molecular weight is 240 g/mol. The van der Waals surface area contributed by atoms with Gasteiger partial charge in [-0.05, 0) is 12.1 Å². The summed E-state index contributed by atoms with van der Waals surface area (Å²) < 4.78 is 0.710. The number of nitrogens with zero attached hydrogens (tertiary/aromatic N) is 4. The third-order valence-electron chi connectivity index (χ3n) is 1.77. The molecule has 0 aliphatic carbocycles. The van der Waals surface area contributed by atoms with Gasteiger partial charge in [0.05, 0.1) is 0 Å². The second-order valence-electron chi connectivity index (χ2n) is 3.01. The molecule has 0 aliphatic rings. The quantitative estimate of drug-likeness (QED) is 0.416. The van der Waals surface area contributed by atoms with Crippen LogP contribution >= 0.6 is 0 Å². The molecule has 0 fully saturated rings. The molecule has 9 heteroatoms. The van der Waals surface area contributed by atoms with Crippen molar-refractivity contribution in [3.05, 3.63) is 50.1 Å². The molecule has 1 amide bonds. The second kappa shape index (κ2) is 4.96. The number of carbonyl (C=O) groups is 1. The molecule has 0 aromatic carbocycles. The molecule has 0 unspecified atom stereocenters. The summed E-state index contributed by atoms with van der Waals surface area (Å²) in [5, 5.41) is 21.2. The summed E-state index contributed by atoms with van der Waals surface area (Å²) in [6.07, 6.45) is -1.08. The minimum atomic E-state index is -2.20. The van der Waals surface area contributed by atoms with Gasteiger partial charge < -0.3 is 0 Å². The molecule has 1 aromatic rings. The Kier molecular flexibility index (Phi) is 3.65. The van der Waals surface area contributed by atoms with E-state index in [0.717, 1.165) is 13.1 Å². The van der Waals surface area contributed by atoms with Crippen LogP contribution in [0, 0.1) is 20.2 Å². The molecule has 0 radical (unpaired) electrons. The van der Waals surface area contributed by atoms with Crippen molar-refractivity contribution < 1.29 is 14.6 Å². The van der Waals surface area contributed by atoms with E-state index in [1.165, 1.54) is 18.2 Å². The number of hydrogen-bond acceptors (Lipinski definition) is 5. The third kappa shape index (κ3) is 2.93. The fourth-order valence-corrected chi connectivity index (χ4v) is 1.18. The normalized spacial score (nSPS) is 11.5. The standard InChI is InChI=1S/C8H8N4O5/c1-6(13)9-7-4-2-3-5-10(7)8(11(14)15)12(16)17/h2-5,8H,1H3. The number of nitro groups is 2. The number of pyridine rings is 1. The number of aromatic nitrogens is 1. The number of carbonyl (C=O) groups excluding carboxylic acids is 1. The first-order valence-electron chi connectivity index (χ1n) is 4.43. The van der Waals surface area contributed by atoms with Crippen LogP contribution < -0.4 is 5.49 Å². The third-order valence-corrected chi connectivity index (χ3v) is 1.77. The lowest BCUT2D eigenvalue weighted by Gasteiger charge is -2.05. The molecule has 90 valence electrons. The molecule has 1 rings (SSSR count). The zero-order chi connectivity index (χ0) is 13.0. The lowest BCUT2D eigenvalue weighted by atomic mass is 10.4. The zero-order valence-electron chi connectivity index (χ0n) is 8.72. The van der Waals surface area contributed by atoms with Crippen molar-refractivity contribution in [2.24, 2.45) is 4.99 Å². The summed E-state index contributed by atoms with van der Waals surface area (Å²) in [5.41, 5.74) is -0.140. The minimum absolute atomic E-state index is 0.140. The van der Waals surface area contributed by atoms with E-state index in [4.69, 9.17) is 0 Å². The molecule has 0 saturated carbocycles. The van der Waals surface area contributed by atoms with Crippen molar-refractivity contribution in [1.82, 2.24) is 4.57 Å². The van der Waals surface area contributed by atoms with Gasteiger partial charge in [0.1, 0.15) is 15.3 Å². The molecule has 0 aliphatic heterocycles. The second-order valence-corrected chi connectivity index (χ2v) is 3.01. The fraction of sp³-hybridized carbons (Fsp3) is 0.250. The van der Waals surface area contributed by atoms with E-state index < -0.39 is 22.0 Å². The number of rotatable bonds is 3. The van der Waals surface area contributed by atoms with Gasteiger partial charge in [0, 0.05) is 13.1 Å². The highest BCUT2D eigenvalue weighted by molar-refractivity contribution is 5.73. The summed E-state index contributed by atoms with van der Waals surface area (Å²) >= 11 is 0. The first-order chi connectivity index (χ1) is 7.93. The largest absolute Gasteiger partial charge is 0.540 e. The molecule has 0 N–H and O–H groups in total. The summed E-state index contributed by atoms with van der Waals surface area (Å²) in [5.74, 6) is -0.601. The van der Waals surface area contributed by atoms with E-state index >= 15 is 0 Å². The van der Waals surface area contributed by atoms with Crippen molar-refractivity contribution in [2.45, 2.75) is 13.2 Å². The van der Waals surface area contributed by atoms with Gasteiger partial charge in [-0.2, -0.15) is 4.99 Å². The fourth-order valence-electron chi connectivity index (χ4n) is 1.18. The molecular weight excluding hydrogens is 232 g/mol. The first kappa shape index (κ1) is 12.5. The van der Waals surface area contributed by atoms with E-state index in [-0.39, 0.29) is 5.49 Å². The Labute approximate surface area is 94.3 Å². The monoisotopic (exact) mass is 240 g/mol. The molecule has 1 heterocycles. The highest BCUT2D eigenvalue weighted by Gasteiger charge is 2.34. The Morgan fingerprint density at radius 1 is 1.35 bits per heavy atom. The topological polar surface area (TPSA) is 121 Å². The predicted octanol–water partition coefficient (Wildman–Crippen LogP) is -0.0552. The van der Waals surface area contributed by atoms with Crippen molar-refractivity contribution in [1.29, 1.82) is 0 Å². The summed E-state index contributed by atoms with van der Waals surface area (Å²) in [6, 6.07) is 4.12. The van der Waals surface area contributed by atoms with Crippen LogP contribution in [-0.4, -0.2) is 20.3 Å². The Bertz CT molecular complexity index is 521. The molecule has 0 saturated heterocycles. The van der Waals surface area contributed by atoms with E-state index in [0.29, 0.717) is 4.57 Å². The minimum Gasteiger partial charge on any atom is -0.273 e. The van der Waals surface area contributed by atoms with E-state index in [1.807, 2.05) is 0 Å². The van der Waals surface area contributed by atoms with Gasteiger partial charge in [-0.25, -0.2) is 4.57 Å². The van der Waals surface area contributed by atoms with Gasteiger partial charge in [0.2, 0.25) is 5.91 Å². The zero-order valence-corrected chi connectivity index (χ0v) is 8.72. The van der Waals surface area contributed by atoms with Crippen molar-refractivity contribution in [3.8, 4) is 0 Å². The molecule has 0 bridgehead atoms. The Morgan fingerprint density at radius 3 is 2.41 bits per heavy atom. The van der Waals surface area contributed by atoms with Crippen molar-refractivity contribution in [2.75, 3.05) is 0 Å². The molecule has 1 aromatic heterocycles. The Hall–Kier alpha value is -2.58. The van der Waals surface area contributed by atoms with Gasteiger partial charge in [-0.1, -0.05) is 6.07 Å². The predicted molar refractivity (Wildman–Crippen MR) is 53.7 cm³/mol. The van der Waals surface area contributed by atoms with Crippen molar-refractivity contribution in [3.63, 3.8) is 0 Å². The molecule has 0 atom stereocenters. The maximum atomic E-state index is 10.8. The number of amides is 1. The molecule has 0 spiro atoms. The van der Waals surface area contributed by atoms with Crippen LogP contribution in [0.2, 0.25) is 0 Å². The van der Waals surface area contributed by atoms with Gasteiger partial charge in [0.25, 0.3) is 0 Å². The van der Waals surface area contributed by atoms with Gasteiger partial charge >= 0.3 is 6.29 Å². The van der Waals surface area contributed by atoms with Crippen molar-refractivity contribution >= 4 is 5.91 Å². The summed E-state index contributed by atoms with van der Waals surface area (Å²) in [6.45, 7) is 1.14. The smallest absolute Gasteiger partial charge is 0.273 e. The van der Waals surface area contributed by atoms with Gasteiger partial charge in [-0.3, -0.25) is 25.0 Å². The highest BCUT2D eigenvalue weighted by Crippen LogP contribution is 2.04. The molecule has 17 heavy (non-hydrogen) atoms. The molecular formula is C8H8N4O5. The highest BCUT2D eigenvalue weighted by atomic mass is 16.7. The summed E-state index contributed by atoms with van der Waals surface area (Å²) in [4.78, 5) is 33.3. The Morgan fingerprint density at radius 2 is 1.94 bits per heavy atom. The lowest BCUT2D eigenvalue weighted by Crippen LogP contribution is -2.34. The Balaban J connectivity index is 3.44. The SMILES string of the molecule is CC(=O)N=c1ccccn1C([N+](=O)[O-])[N+](=O)[O-]. The van der Waals surface area contributed by atoms with Crippen LogP contribution in [0.25, 0.3) is 0 Å².